The van der Waals surface area contributed by atoms with Crippen molar-refractivity contribution in [2.45, 2.75) is 6.92 Å². The highest BCUT2D eigenvalue weighted by atomic mass is 79.9. The molecule has 0 saturated carbocycles. The van der Waals surface area contributed by atoms with Crippen molar-refractivity contribution in [1.82, 2.24) is 9.80 Å². The van der Waals surface area contributed by atoms with Crippen LogP contribution in [0.4, 0.5) is 0 Å². The molecule has 0 aromatic heterocycles. The van der Waals surface area contributed by atoms with Gasteiger partial charge < -0.3 is 9.80 Å². The van der Waals surface area contributed by atoms with Crippen LogP contribution in [-0.2, 0) is 9.59 Å². The monoisotopic (exact) mass is 338 g/mol. The van der Waals surface area contributed by atoms with Crippen LogP contribution < -0.4 is 0 Å². The van der Waals surface area contributed by atoms with Crippen LogP contribution >= 0.6 is 15.9 Å². The molecule has 20 heavy (non-hydrogen) atoms. The third kappa shape index (κ3) is 3.07. The summed E-state index contributed by atoms with van der Waals surface area (Å²) in [6, 6.07) is 6.94. The molecule has 1 aliphatic heterocycles. The predicted octanol–water partition coefficient (Wildman–Crippen LogP) is 1.32. The summed E-state index contributed by atoms with van der Waals surface area (Å²) in [6.45, 7) is 3.17. The van der Waals surface area contributed by atoms with Crippen molar-refractivity contribution in [2.75, 3.05) is 26.2 Å². The molecule has 0 spiro atoms. The first-order valence-corrected chi connectivity index (χ1v) is 7.19. The number of amides is 2. The fourth-order valence-electron chi connectivity index (χ4n) is 2.07. The molecule has 1 heterocycles. The first-order valence-electron chi connectivity index (χ1n) is 6.40. The summed E-state index contributed by atoms with van der Waals surface area (Å²) < 4.78 is 0.886. The molecule has 1 aromatic carbocycles. The maximum atomic E-state index is 12.1. The third-order valence-electron chi connectivity index (χ3n) is 3.28. The fraction of sp³-hybridized carbons (Fsp3) is 0.357. The number of halogens is 1. The van der Waals surface area contributed by atoms with Crippen LogP contribution in [0.5, 0.6) is 0 Å². The van der Waals surface area contributed by atoms with Gasteiger partial charge in [0.25, 0.3) is 0 Å². The molecular formula is C14H15BrN2O3. The van der Waals surface area contributed by atoms with Crippen LogP contribution in [0.25, 0.3) is 0 Å². The molecule has 106 valence electrons. The van der Waals surface area contributed by atoms with Crippen LogP contribution in [0.15, 0.2) is 28.7 Å². The maximum Gasteiger partial charge on any atom is 0.312 e. The average Bonchev–Trinajstić information content (AvgIpc) is 2.45. The number of piperazine rings is 1. The molecular weight excluding hydrogens is 324 g/mol. The molecule has 5 nitrogen and oxygen atoms in total. The summed E-state index contributed by atoms with van der Waals surface area (Å²) in [6.07, 6.45) is 0. The Morgan fingerprint density at radius 1 is 1.10 bits per heavy atom. The maximum absolute atomic E-state index is 12.1. The molecule has 0 unspecified atom stereocenters. The first kappa shape index (κ1) is 14.7. The number of likely N-dealkylation sites (N-methyl/N-ethyl adjacent to an activating group) is 1. The molecule has 2 amide bonds. The minimum Gasteiger partial charge on any atom is -0.333 e. The van der Waals surface area contributed by atoms with Gasteiger partial charge in [0, 0.05) is 29.7 Å². The minimum atomic E-state index is -0.594. The Kier molecular flexibility index (Phi) is 4.54. The second-order valence-corrected chi connectivity index (χ2v) is 5.46. The zero-order chi connectivity index (χ0) is 14.7. The van der Waals surface area contributed by atoms with Crippen LogP contribution in [0.2, 0.25) is 0 Å². The first-order chi connectivity index (χ1) is 9.52. The zero-order valence-corrected chi connectivity index (χ0v) is 12.7. The molecule has 1 saturated heterocycles. The molecule has 0 aliphatic carbocycles. The third-order valence-corrected chi connectivity index (χ3v) is 3.81. The Morgan fingerprint density at radius 2 is 1.65 bits per heavy atom. The summed E-state index contributed by atoms with van der Waals surface area (Å²) >= 11 is 3.30. The van der Waals surface area contributed by atoms with Crippen molar-refractivity contribution in [3.8, 4) is 0 Å². The Hall–Kier alpha value is -1.69. The zero-order valence-electron chi connectivity index (χ0n) is 11.1. The van der Waals surface area contributed by atoms with Gasteiger partial charge in [0.2, 0.25) is 0 Å². The summed E-state index contributed by atoms with van der Waals surface area (Å²) in [7, 11) is 0. The van der Waals surface area contributed by atoms with Gasteiger partial charge in [-0.2, -0.15) is 0 Å². The molecule has 2 rings (SSSR count). The minimum absolute atomic E-state index is 0.0518. The van der Waals surface area contributed by atoms with E-state index in [2.05, 4.69) is 15.9 Å². The number of Topliss-reactive ketones (excluding diaryl/α,β-unsaturated/α-hetero) is 1. The largest absolute Gasteiger partial charge is 0.333 e. The molecule has 6 heteroatoms. The number of hydrogen-bond donors (Lipinski definition) is 0. The Bertz CT molecular complexity index is 542. The highest BCUT2D eigenvalue weighted by Crippen LogP contribution is 2.12. The van der Waals surface area contributed by atoms with Gasteiger partial charge in [0.15, 0.2) is 5.78 Å². The van der Waals surface area contributed by atoms with Gasteiger partial charge in [-0.1, -0.05) is 28.1 Å². The van der Waals surface area contributed by atoms with Crippen LogP contribution in [0.3, 0.4) is 0 Å². The lowest BCUT2D eigenvalue weighted by molar-refractivity contribution is -0.155. The van der Waals surface area contributed by atoms with Gasteiger partial charge in [-0.25, -0.2) is 0 Å². The van der Waals surface area contributed by atoms with E-state index < -0.39 is 11.8 Å². The predicted molar refractivity (Wildman–Crippen MR) is 77.3 cm³/mol. The molecule has 1 fully saturated rings. The van der Waals surface area contributed by atoms with E-state index in [1.807, 2.05) is 6.92 Å². The summed E-state index contributed by atoms with van der Waals surface area (Å²) in [5, 5.41) is 0. The molecule has 0 atom stereocenters. The van der Waals surface area contributed by atoms with Crippen LogP contribution in [-0.4, -0.2) is 53.6 Å². The molecule has 1 aliphatic rings. The Balaban J connectivity index is 2.03. The Labute approximate surface area is 125 Å². The van der Waals surface area contributed by atoms with Gasteiger partial charge in [-0.15, -0.1) is 0 Å². The van der Waals surface area contributed by atoms with Crippen molar-refractivity contribution in [2.24, 2.45) is 0 Å². The smallest absolute Gasteiger partial charge is 0.312 e. The average molecular weight is 339 g/mol. The van der Waals surface area contributed by atoms with Crippen LogP contribution in [0, 0.1) is 0 Å². The van der Waals surface area contributed by atoms with Crippen molar-refractivity contribution < 1.29 is 14.4 Å². The van der Waals surface area contributed by atoms with Crippen molar-refractivity contribution >= 4 is 33.5 Å². The quantitative estimate of drug-likeness (QED) is 0.614. The van der Waals surface area contributed by atoms with E-state index >= 15 is 0 Å². The van der Waals surface area contributed by atoms with Crippen molar-refractivity contribution in [3.63, 3.8) is 0 Å². The molecule has 0 radical (unpaired) electrons. The number of hydrogen-bond acceptors (Lipinski definition) is 3. The van der Waals surface area contributed by atoms with Crippen molar-refractivity contribution in [3.05, 3.63) is 34.3 Å². The van der Waals surface area contributed by atoms with E-state index in [-0.39, 0.29) is 12.3 Å². The number of rotatable bonds is 4. The van der Waals surface area contributed by atoms with E-state index in [1.165, 1.54) is 9.80 Å². The summed E-state index contributed by atoms with van der Waals surface area (Å²) in [5.41, 5.74) is 0.534. The standard InChI is InChI=1S/C14H15BrN2O3/c1-2-16-7-8-17(14(20)13(16)19)9-12(18)10-3-5-11(15)6-4-10/h3-6H,2,7-9H2,1H3. The van der Waals surface area contributed by atoms with E-state index in [4.69, 9.17) is 0 Å². The second-order valence-electron chi connectivity index (χ2n) is 4.54. The highest BCUT2D eigenvalue weighted by Gasteiger charge is 2.32. The number of nitrogens with zero attached hydrogens (tertiary/aromatic N) is 2. The van der Waals surface area contributed by atoms with Gasteiger partial charge in [-0.05, 0) is 19.1 Å². The normalized spacial score (nSPS) is 15.7. The van der Waals surface area contributed by atoms with Gasteiger partial charge in [0.1, 0.15) is 0 Å². The molecule has 1 aromatic rings. The molecule has 0 N–H and O–H groups in total. The van der Waals surface area contributed by atoms with Gasteiger partial charge >= 0.3 is 11.8 Å². The van der Waals surface area contributed by atoms with Crippen molar-refractivity contribution in [1.29, 1.82) is 0 Å². The fourth-order valence-corrected chi connectivity index (χ4v) is 2.33. The summed E-state index contributed by atoms with van der Waals surface area (Å²) in [5.74, 6) is -1.28. The van der Waals surface area contributed by atoms with Gasteiger partial charge in [-0.3, -0.25) is 14.4 Å². The Morgan fingerprint density at radius 3 is 2.25 bits per heavy atom. The number of ketones is 1. The van der Waals surface area contributed by atoms with E-state index in [9.17, 15) is 14.4 Å². The van der Waals surface area contributed by atoms with Gasteiger partial charge in [0.05, 0.1) is 6.54 Å². The lowest BCUT2D eigenvalue weighted by Crippen LogP contribution is -2.55. The van der Waals surface area contributed by atoms with E-state index in [1.54, 1.807) is 24.3 Å². The van der Waals surface area contributed by atoms with Crippen LogP contribution in [0.1, 0.15) is 17.3 Å². The summed E-state index contributed by atoms with van der Waals surface area (Å²) in [4.78, 5) is 38.5. The lowest BCUT2D eigenvalue weighted by atomic mass is 10.1. The van der Waals surface area contributed by atoms with E-state index in [0.717, 1.165) is 4.47 Å². The number of carbonyl (C=O) groups excluding carboxylic acids is 3. The number of benzene rings is 1. The molecule has 0 bridgehead atoms. The SMILES string of the molecule is CCN1CCN(CC(=O)c2ccc(Br)cc2)C(=O)C1=O. The highest BCUT2D eigenvalue weighted by molar-refractivity contribution is 9.10. The van der Waals surface area contributed by atoms with E-state index in [0.29, 0.717) is 25.2 Å². The second kappa shape index (κ2) is 6.17. The lowest BCUT2D eigenvalue weighted by Gasteiger charge is -2.32. The number of carbonyl (C=O) groups is 3. The topological polar surface area (TPSA) is 57.7 Å².